The number of benzene rings is 2. The number of aliphatic hydroxyl groups excluding tert-OH is 1. The number of fused-ring (bicyclic) bond motifs is 1. The number of nitrogens with zero attached hydrogens (tertiary/aromatic N) is 5. The van der Waals surface area contributed by atoms with Crippen molar-refractivity contribution >= 4 is 17.5 Å². The second-order valence-electron chi connectivity index (χ2n) is 7.60. The predicted octanol–water partition coefficient (Wildman–Crippen LogP) is 4.55. The number of hydrogen-bond acceptors (Lipinski definition) is 7. The van der Waals surface area contributed by atoms with E-state index in [1.165, 1.54) is 23.4 Å². The highest BCUT2D eigenvalue weighted by Crippen LogP contribution is 2.39. The van der Waals surface area contributed by atoms with E-state index in [-0.39, 0.29) is 24.2 Å². The molecule has 34 heavy (non-hydrogen) atoms. The monoisotopic (exact) mass is 483 g/mol. The van der Waals surface area contributed by atoms with Crippen LogP contribution in [-0.2, 0) is 6.54 Å². The smallest absolute Gasteiger partial charge is 0.314 e. The molecule has 0 bridgehead atoms. The number of alkyl halides is 2. The fraction of sp³-hybridized carbons (Fsp3) is 0.174. The average molecular weight is 484 g/mol. The lowest BCUT2D eigenvalue weighted by molar-refractivity contribution is 0.0332. The third-order valence-corrected chi connectivity index (χ3v) is 5.76. The number of aromatic nitrogens is 4. The molecule has 1 N–H and O–H groups in total. The van der Waals surface area contributed by atoms with Gasteiger partial charge < -0.3 is 14.4 Å². The maximum atomic E-state index is 13.4. The second kappa shape index (κ2) is 8.88. The van der Waals surface area contributed by atoms with Crippen molar-refractivity contribution in [2.45, 2.75) is 25.1 Å². The van der Waals surface area contributed by atoms with Crippen molar-refractivity contribution in [3.05, 3.63) is 94.4 Å². The van der Waals surface area contributed by atoms with Gasteiger partial charge in [-0.3, -0.25) is 4.79 Å². The summed E-state index contributed by atoms with van der Waals surface area (Å²) in [4.78, 5) is 23.5. The Bertz CT molecular complexity index is 1330. The van der Waals surface area contributed by atoms with Crippen molar-refractivity contribution < 1.29 is 23.1 Å². The Balaban J connectivity index is 1.50. The Morgan fingerprint density at radius 1 is 1.06 bits per heavy atom. The van der Waals surface area contributed by atoms with Crippen LogP contribution in [0.2, 0.25) is 5.02 Å². The van der Waals surface area contributed by atoms with Crippen LogP contribution >= 0.6 is 11.6 Å². The van der Waals surface area contributed by atoms with Gasteiger partial charge in [-0.25, -0.2) is 9.97 Å². The van der Waals surface area contributed by atoms with Gasteiger partial charge in [-0.05, 0) is 41.5 Å². The summed E-state index contributed by atoms with van der Waals surface area (Å²) in [5, 5.41) is 18.7. The molecule has 1 aliphatic rings. The van der Waals surface area contributed by atoms with Crippen molar-refractivity contribution in [1.82, 2.24) is 25.1 Å². The quantitative estimate of drug-likeness (QED) is 0.429. The topological polar surface area (TPSA) is 105 Å². The van der Waals surface area contributed by atoms with Crippen LogP contribution < -0.4 is 0 Å². The molecule has 0 aliphatic carbocycles. The molecule has 2 aromatic heterocycles. The number of carbonyl (C=O) groups is 1. The van der Waals surface area contributed by atoms with Crippen LogP contribution in [0, 0.1) is 0 Å². The van der Waals surface area contributed by atoms with E-state index in [9.17, 15) is 18.7 Å². The number of hydrogen-bond donors (Lipinski definition) is 1. The summed E-state index contributed by atoms with van der Waals surface area (Å²) in [6.45, 7) is 0.189. The third-order valence-electron chi connectivity index (χ3n) is 5.51. The van der Waals surface area contributed by atoms with Gasteiger partial charge in [-0.2, -0.15) is 8.78 Å². The highest BCUT2D eigenvalue weighted by atomic mass is 35.5. The van der Waals surface area contributed by atoms with Crippen LogP contribution in [-0.4, -0.2) is 36.1 Å². The molecule has 1 aliphatic heterocycles. The molecule has 2 atom stereocenters. The van der Waals surface area contributed by atoms with Crippen LogP contribution in [0.15, 0.2) is 65.3 Å². The zero-order chi connectivity index (χ0) is 23.8. The molecular formula is C23H16ClF2N5O3. The molecule has 8 nitrogen and oxygen atoms in total. The van der Waals surface area contributed by atoms with Gasteiger partial charge in [0.1, 0.15) is 12.1 Å². The van der Waals surface area contributed by atoms with Crippen molar-refractivity contribution in [3.8, 4) is 11.5 Å². The lowest BCUT2D eigenvalue weighted by Gasteiger charge is -2.30. The Morgan fingerprint density at radius 3 is 2.47 bits per heavy atom. The summed E-state index contributed by atoms with van der Waals surface area (Å²) in [5.74, 6) is -1.02. The summed E-state index contributed by atoms with van der Waals surface area (Å²) >= 11 is 5.98. The first-order valence-electron chi connectivity index (χ1n) is 10.2. The highest BCUT2D eigenvalue weighted by molar-refractivity contribution is 6.30. The SMILES string of the molecule is O=C1c2cc(-c3nnc(C(F)F)o3)ccc2CN1[C@H](c1ncccn1)[C@@H](O)c1ccc(Cl)cc1. The molecule has 3 heterocycles. The lowest BCUT2D eigenvalue weighted by atomic mass is 10.00. The molecule has 1 amide bonds. The van der Waals surface area contributed by atoms with Crippen LogP contribution in [0.3, 0.4) is 0 Å². The number of rotatable bonds is 6. The number of aliphatic hydroxyl groups is 1. The molecule has 0 saturated heterocycles. The van der Waals surface area contributed by atoms with Crippen molar-refractivity contribution in [3.63, 3.8) is 0 Å². The van der Waals surface area contributed by atoms with Crippen molar-refractivity contribution in [2.75, 3.05) is 0 Å². The van der Waals surface area contributed by atoms with E-state index in [1.54, 1.807) is 42.5 Å². The molecule has 0 unspecified atom stereocenters. The molecule has 5 rings (SSSR count). The summed E-state index contributed by atoms with van der Waals surface area (Å²) in [7, 11) is 0. The molecule has 4 aromatic rings. The van der Waals surface area contributed by atoms with Gasteiger partial charge in [0.05, 0.1) is 0 Å². The Morgan fingerprint density at radius 2 is 1.79 bits per heavy atom. The minimum Gasteiger partial charge on any atom is -0.415 e. The van der Waals surface area contributed by atoms with Gasteiger partial charge in [0.2, 0.25) is 5.89 Å². The van der Waals surface area contributed by atoms with Crippen LogP contribution in [0.25, 0.3) is 11.5 Å². The van der Waals surface area contributed by atoms with Gasteiger partial charge >= 0.3 is 6.43 Å². The van der Waals surface area contributed by atoms with Gasteiger partial charge in [0, 0.05) is 35.1 Å². The molecule has 0 radical (unpaired) electrons. The van der Waals surface area contributed by atoms with Gasteiger partial charge in [0.15, 0.2) is 5.82 Å². The average Bonchev–Trinajstić information content (AvgIpc) is 3.46. The van der Waals surface area contributed by atoms with Crippen LogP contribution in [0.5, 0.6) is 0 Å². The van der Waals surface area contributed by atoms with Gasteiger partial charge in [-0.1, -0.05) is 29.8 Å². The minimum absolute atomic E-state index is 0.117. The van der Waals surface area contributed by atoms with Gasteiger partial charge in [-0.15, -0.1) is 10.2 Å². The van der Waals surface area contributed by atoms with E-state index in [0.717, 1.165) is 0 Å². The summed E-state index contributed by atoms with van der Waals surface area (Å²) < 4.78 is 30.6. The van der Waals surface area contributed by atoms with E-state index in [1.807, 2.05) is 0 Å². The maximum Gasteiger partial charge on any atom is 0.314 e. The number of halogens is 3. The van der Waals surface area contributed by atoms with E-state index >= 15 is 0 Å². The first-order valence-corrected chi connectivity index (χ1v) is 10.6. The number of amides is 1. The fourth-order valence-electron chi connectivity index (χ4n) is 3.88. The molecule has 2 aromatic carbocycles. The van der Waals surface area contributed by atoms with E-state index in [4.69, 9.17) is 16.0 Å². The standard InChI is InChI=1S/C23H16ClF2N5O3/c24-15-6-4-12(5-7-15)18(32)17(20-27-8-1-9-28-20)31-11-14-3-2-13(10-16(14)23(31)33)21-29-30-22(34-21)19(25)26/h1-10,17-19,32H,11H2/t17-,18-/m0/s1. The molecule has 0 spiro atoms. The first-order chi connectivity index (χ1) is 16.4. The predicted molar refractivity (Wildman–Crippen MR) is 116 cm³/mol. The van der Waals surface area contributed by atoms with E-state index in [2.05, 4.69) is 20.2 Å². The molecular weight excluding hydrogens is 468 g/mol. The highest BCUT2D eigenvalue weighted by Gasteiger charge is 2.39. The van der Waals surface area contributed by atoms with Crippen LogP contribution in [0.1, 0.15) is 51.8 Å². The zero-order valence-electron chi connectivity index (χ0n) is 17.3. The lowest BCUT2D eigenvalue weighted by Crippen LogP contribution is -2.34. The Hall–Kier alpha value is -3.76. The van der Waals surface area contributed by atoms with Crippen molar-refractivity contribution in [1.29, 1.82) is 0 Å². The molecule has 172 valence electrons. The normalized spacial score (nSPS) is 15.0. The van der Waals surface area contributed by atoms with E-state index in [0.29, 0.717) is 27.3 Å². The molecule has 0 fully saturated rings. The zero-order valence-corrected chi connectivity index (χ0v) is 18.1. The largest absolute Gasteiger partial charge is 0.415 e. The Kier molecular flexibility index (Phi) is 5.76. The number of carbonyl (C=O) groups excluding carboxylic acids is 1. The molecule has 0 saturated carbocycles. The maximum absolute atomic E-state index is 13.4. The first kappa shape index (κ1) is 22.1. The minimum atomic E-state index is -2.89. The fourth-order valence-corrected chi connectivity index (χ4v) is 4.00. The summed E-state index contributed by atoms with van der Waals surface area (Å²) in [5.41, 5.74) is 1.89. The summed E-state index contributed by atoms with van der Waals surface area (Å²) in [6, 6.07) is 12.2. The Labute approximate surface area is 196 Å². The van der Waals surface area contributed by atoms with E-state index < -0.39 is 24.5 Å². The summed E-state index contributed by atoms with van der Waals surface area (Å²) in [6.07, 6.45) is -0.965. The van der Waals surface area contributed by atoms with Crippen LogP contribution in [0.4, 0.5) is 8.78 Å². The third kappa shape index (κ3) is 4.02. The van der Waals surface area contributed by atoms with Crippen molar-refractivity contribution in [2.24, 2.45) is 0 Å². The van der Waals surface area contributed by atoms with Gasteiger partial charge in [0.25, 0.3) is 11.8 Å². The molecule has 11 heteroatoms. The second-order valence-corrected chi connectivity index (χ2v) is 8.04.